The smallest absolute Gasteiger partial charge is 0.0897 e. The van der Waals surface area contributed by atoms with Crippen LogP contribution < -0.4 is 5.32 Å². The van der Waals surface area contributed by atoms with Crippen LogP contribution in [0.5, 0.6) is 0 Å². The SMILES string of the molecule is CC1CCC(OCC(O)CNCC2CCCOC2)CC1. The Morgan fingerprint density at radius 1 is 1.25 bits per heavy atom. The Hall–Kier alpha value is -0.160. The fourth-order valence-electron chi connectivity index (χ4n) is 3.12. The molecule has 2 fully saturated rings. The molecule has 0 aromatic rings. The summed E-state index contributed by atoms with van der Waals surface area (Å²) in [6.07, 6.45) is 7.22. The normalized spacial score (nSPS) is 33.0. The van der Waals surface area contributed by atoms with Crippen molar-refractivity contribution in [2.75, 3.05) is 32.9 Å². The highest BCUT2D eigenvalue weighted by Gasteiger charge is 2.19. The van der Waals surface area contributed by atoms with Crippen molar-refractivity contribution in [1.82, 2.24) is 5.32 Å². The van der Waals surface area contributed by atoms with Crippen LogP contribution in [0.1, 0.15) is 45.4 Å². The summed E-state index contributed by atoms with van der Waals surface area (Å²) in [6, 6.07) is 0. The van der Waals surface area contributed by atoms with Crippen molar-refractivity contribution in [2.45, 2.75) is 57.7 Å². The number of hydrogen-bond donors (Lipinski definition) is 2. The second-order valence-electron chi connectivity index (χ2n) is 6.61. The lowest BCUT2D eigenvalue weighted by molar-refractivity contribution is -0.0284. The zero-order valence-corrected chi connectivity index (χ0v) is 12.9. The molecule has 2 atom stereocenters. The van der Waals surface area contributed by atoms with Crippen molar-refractivity contribution in [1.29, 1.82) is 0 Å². The highest BCUT2D eigenvalue weighted by atomic mass is 16.5. The van der Waals surface area contributed by atoms with Crippen LogP contribution in [0.2, 0.25) is 0 Å². The van der Waals surface area contributed by atoms with Gasteiger partial charge in [-0.3, -0.25) is 0 Å². The van der Waals surface area contributed by atoms with Crippen molar-refractivity contribution in [3.63, 3.8) is 0 Å². The van der Waals surface area contributed by atoms with Gasteiger partial charge < -0.3 is 19.9 Å². The third-order valence-corrected chi connectivity index (χ3v) is 4.55. The van der Waals surface area contributed by atoms with Gasteiger partial charge in [0.2, 0.25) is 0 Å². The van der Waals surface area contributed by atoms with Crippen LogP contribution in [0.15, 0.2) is 0 Å². The second kappa shape index (κ2) is 8.98. The summed E-state index contributed by atoms with van der Waals surface area (Å²) in [7, 11) is 0. The van der Waals surface area contributed by atoms with Crippen molar-refractivity contribution in [3.8, 4) is 0 Å². The van der Waals surface area contributed by atoms with Crippen molar-refractivity contribution in [3.05, 3.63) is 0 Å². The topological polar surface area (TPSA) is 50.7 Å². The summed E-state index contributed by atoms with van der Waals surface area (Å²) in [4.78, 5) is 0. The van der Waals surface area contributed by atoms with Gasteiger partial charge in [0, 0.05) is 19.7 Å². The minimum atomic E-state index is -0.390. The molecule has 0 amide bonds. The van der Waals surface area contributed by atoms with Crippen LogP contribution in [-0.2, 0) is 9.47 Å². The Morgan fingerprint density at radius 3 is 2.75 bits per heavy atom. The third-order valence-electron chi connectivity index (χ3n) is 4.55. The van der Waals surface area contributed by atoms with Crippen molar-refractivity contribution in [2.24, 2.45) is 11.8 Å². The van der Waals surface area contributed by atoms with Gasteiger partial charge in [-0.1, -0.05) is 6.92 Å². The Balaban J connectivity index is 1.48. The zero-order valence-electron chi connectivity index (χ0n) is 12.9. The molecule has 0 aromatic heterocycles. The van der Waals surface area contributed by atoms with Gasteiger partial charge in [-0.25, -0.2) is 0 Å². The standard InChI is InChI=1S/C16H31NO3/c1-13-4-6-16(7-5-13)20-12-15(18)10-17-9-14-3-2-8-19-11-14/h13-18H,2-12H2,1H3. The fourth-order valence-corrected chi connectivity index (χ4v) is 3.12. The van der Waals surface area contributed by atoms with Crippen LogP contribution in [0.3, 0.4) is 0 Å². The number of rotatable bonds is 7. The molecule has 4 nitrogen and oxygen atoms in total. The lowest BCUT2D eigenvalue weighted by Gasteiger charge is -2.27. The molecule has 4 heteroatoms. The average Bonchev–Trinajstić information content (AvgIpc) is 2.48. The monoisotopic (exact) mass is 285 g/mol. The van der Waals surface area contributed by atoms with E-state index in [1.54, 1.807) is 0 Å². The number of aliphatic hydroxyl groups is 1. The van der Waals surface area contributed by atoms with E-state index in [-0.39, 0.29) is 6.10 Å². The summed E-state index contributed by atoms with van der Waals surface area (Å²) in [6.45, 7) is 6.11. The minimum absolute atomic E-state index is 0.368. The summed E-state index contributed by atoms with van der Waals surface area (Å²) >= 11 is 0. The lowest BCUT2D eigenvalue weighted by atomic mass is 9.89. The largest absolute Gasteiger partial charge is 0.389 e. The van der Waals surface area contributed by atoms with Gasteiger partial charge in [-0.15, -0.1) is 0 Å². The molecule has 0 radical (unpaired) electrons. The van der Waals surface area contributed by atoms with E-state index in [1.807, 2.05) is 0 Å². The van der Waals surface area contributed by atoms with Gasteiger partial charge in [-0.2, -0.15) is 0 Å². The van der Waals surface area contributed by atoms with E-state index in [1.165, 1.54) is 19.3 Å². The van der Waals surface area contributed by atoms with Crippen LogP contribution in [-0.4, -0.2) is 50.2 Å². The van der Waals surface area contributed by atoms with Crippen LogP contribution in [0, 0.1) is 11.8 Å². The molecule has 1 aliphatic heterocycles. The third kappa shape index (κ3) is 6.08. The van der Waals surface area contributed by atoms with Gasteiger partial charge in [0.05, 0.1) is 25.4 Å². The first-order valence-corrected chi connectivity index (χ1v) is 8.32. The molecule has 2 unspecified atom stereocenters. The van der Waals surface area contributed by atoms with Crippen molar-refractivity contribution >= 4 is 0 Å². The quantitative estimate of drug-likeness (QED) is 0.751. The molecule has 0 spiro atoms. The molecule has 2 aliphatic rings. The number of aliphatic hydroxyl groups excluding tert-OH is 1. The predicted molar refractivity (Wildman–Crippen MR) is 79.8 cm³/mol. The molecular formula is C16H31NO3. The Labute approximate surface area is 123 Å². The van der Waals surface area contributed by atoms with Gasteiger partial charge in [0.25, 0.3) is 0 Å². The number of nitrogens with one attached hydrogen (secondary N) is 1. The lowest BCUT2D eigenvalue weighted by Crippen LogP contribution is -2.36. The molecule has 1 aliphatic carbocycles. The van der Waals surface area contributed by atoms with Crippen LogP contribution in [0.25, 0.3) is 0 Å². The van der Waals surface area contributed by atoms with E-state index < -0.39 is 0 Å². The van der Waals surface area contributed by atoms with Gasteiger partial charge in [0.15, 0.2) is 0 Å². The molecule has 118 valence electrons. The molecular weight excluding hydrogens is 254 g/mol. The summed E-state index contributed by atoms with van der Waals surface area (Å²) in [5.41, 5.74) is 0. The molecule has 0 aromatic carbocycles. The first-order valence-electron chi connectivity index (χ1n) is 8.32. The molecule has 20 heavy (non-hydrogen) atoms. The minimum Gasteiger partial charge on any atom is -0.389 e. The summed E-state index contributed by atoms with van der Waals surface area (Å²) in [5.74, 6) is 1.45. The molecule has 1 heterocycles. The first kappa shape index (κ1) is 16.2. The number of hydrogen-bond acceptors (Lipinski definition) is 4. The first-order chi connectivity index (χ1) is 9.74. The number of ether oxygens (including phenoxy) is 2. The molecule has 0 bridgehead atoms. The highest BCUT2D eigenvalue weighted by Crippen LogP contribution is 2.25. The maximum atomic E-state index is 9.94. The van der Waals surface area contributed by atoms with E-state index in [0.29, 0.717) is 25.2 Å². The van der Waals surface area contributed by atoms with Crippen molar-refractivity contribution < 1.29 is 14.6 Å². The van der Waals surface area contributed by atoms with E-state index >= 15 is 0 Å². The second-order valence-corrected chi connectivity index (χ2v) is 6.61. The van der Waals surface area contributed by atoms with Gasteiger partial charge in [0.1, 0.15) is 0 Å². The molecule has 2 rings (SSSR count). The average molecular weight is 285 g/mol. The van der Waals surface area contributed by atoms with Crippen LogP contribution >= 0.6 is 0 Å². The maximum Gasteiger partial charge on any atom is 0.0897 e. The van der Waals surface area contributed by atoms with Gasteiger partial charge >= 0.3 is 0 Å². The predicted octanol–water partition coefficient (Wildman–Crippen LogP) is 1.96. The molecule has 1 saturated carbocycles. The highest BCUT2D eigenvalue weighted by molar-refractivity contribution is 4.71. The van der Waals surface area contributed by atoms with Gasteiger partial charge in [-0.05, 0) is 50.4 Å². The van der Waals surface area contributed by atoms with Crippen LogP contribution in [0.4, 0.5) is 0 Å². The summed E-state index contributed by atoms with van der Waals surface area (Å²) < 4.78 is 11.3. The maximum absolute atomic E-state index is 9.94. The van der Waals surface area contributed by atoms with E-state index in [0.717, 1.165) is 44.9 Å². The molecule has 1 saturated heterocycles. The Kier molecular flexibility index (Phi) is 7.28. The van der Waals surface area contributed by atoms with E-state index in [9.17, 15) is 5.11 Å². The van der Waals surface area contributed by atoms with E-state index in [2.05, 4.69) is 12.2 Å². The zero-order chi connectivity index (χ0) is 14.2. The molecule has 2 N–H and O–H groups in total. The fraction of sp³-hybridized carbons (Fsp3) is 1.00. The Morgan fingerprint density at radius 2 is 2.05 bits per heavy atom. The summed E-state index contributed by atoms with van der Waals surface area (Å²) in [5, 5.41) is 13.3. The Bertz CT molecular complexity index is 248. The van der Waals surface area contributed by atoms with E-state index in [4.69, 9.17) is 9.47 Å².